The van der Waals surface area contributed by atoms with Crippen LogP contribution in [0.3, 0.4) is 0 Å². The molecule has 0 bridgehead atoms. The first-order valence-electron chi connectivity index (χ1n) is 9.89. The van der Waals surface area contributed by atoms with Crippen LogP contribution in [-0.2, 0) is 21.1 Å². The van der Waals surface area contributed by atoms with Gasteiger partial charge in [-0.2, -0.15) is 13.2 Å². The number of benzene rings is 1. The van der Waals surface area contributed by atoms with Crippen molar-refractivity contribution >= 4 is 18.1 Å². The first-order valence-corrected chi connectivity index (χ1v) is 9.89. The maximum absolute atomic E-state index is 13.9. The Balaban J connectivity index is 2.13. The van der Waals surface area contributed by atoms with Gasteiger partial charge in [-0.3, -0.25) is 4.90 Å². The molecular weight excluding hydrogens is 430 g/mol. The molecule has 0 radical (unpaired) electrons. The fourth-order valence-corrected chi connectivity index (χ4v) is 3.63. The molecule has 0 N–H and O–H groups in total. The average Bonchev–Trinajstić information content (AvgIpc) is 3.39. The minimum atomic E-state index is -4.87. The Hall–Kier alpha value is -3.04. The first-order chi connectivity index (χ1) is 14.8. The zero-order chi connectivity index (χ0) is 23.9. The van der Waals surface area contributed by atoms with Gasteiger partial charge in [-0.15, -0.1) is 0 Å². The molecule has 1 saturated carbocycles. The maximum Gasteiger partial charge on any atom is 0.435 e. The van der Waals surface area contributed by atoms with Gasteiger partial charge in [-0.1, -0.05) is 12.1 Å². The summed E-state index contributed by atoms with van der Waals surface area (Å²) >= 11 is 0. The summed E-state index contributed by atoms with van der Waals surface area (Å²) in [4.78, 5) is 32.8. The third-order valence-corrected chi connectivity index (χ3v) is 5.20. The number of hydrogen-bond acceptors (Lipinski definition) is 5. The summed E-state index contributed by atoms with van der Waals surface area (Å²) in [6.07, 6.45) is -4.11. The molecule has 32 heavy (non-hydrogen) atoms. The highest BCUT2D eigenvalue weighted by Gasteiger charge is 2.57. The first kappa shape index (κ1) is 23.6. The summed E-state index contributed by atoms with van der Waals surface area (Å²) < 4.78 is 60.6. The Kier molecular flexibility index (Phi) is 6.01. The van der Waals surface area contributed by atoms with Crippen LogP contribution in [0.25, 0.3) is 0 Å². The number of anilines is 1. The number of ether oxygens (including phenoxy) is 1. The number of aryl methyl sites for hydroxylation is 1. The molecule has 1 fully saturated rings. The summed E-state index contributed by atoms with van der Waals surface area (Å²) in [5.41, 5.74) is -3.55. The van der Waals surface area contributed by atoms with E-state index in [9.17, 15) is 27.2 Å². The molecule has 172 valence electrons. The summed E-state index contributed by atoms with van der Waals surface area (Å²) in [5.74, 6) is -1.28. The number of aromatic nitrogens is 2. The van der Waals surface area contributed by atoms with Gasteiger partial charge in [0.1, 0.15) is 23.5 Å². The van der Waals surface area contributed by atoms with E-state index < -0.39 is 46.4 Å². The molecule has 3 rings (SSSR count). The lowest BCUT2D eigenvalue weighted by molar-refractivity contribution is -0.140. The van der Waals surface area contributed by atoms with E-state index in [0.29, 0.717) is 11.8 Å². The minimum Gasteiger partial charge on any atom is -0.443 e. The number of nitrogens with zero attached hydrogens (tertiary/aromatic N) is 3. The number of carbonyl (C=O) groups excluding carboxylic acids is 2. The van der Waals surface area contributed by atoms with Gasteiger partial charge in [0.2, 0.25) is 0 Å². The van der Waals surface area contributed by atoms with Crippen LogP contribution in [0.4, 0.5) is 28.0 Å². The van der Waals surface area contributed by atoms with E-state index in [2.05, 4.69) is 9.97 Å². The van der Waals surface area contributed by atoms with Crippen molar-refractivity contribution in [1.82, 2.24) is 9.97 Å². The maximum atomic E-state index is 13.9. The third kappa shape index (κ3) is 4.89. The van der Waals surface area contributed by atoms with Crippen LogP contribution in [0.15, 0.2) is 30.5 Å². The van der Waals surface area contributed by atoms with Crippen molar-refractivity contribution in [3.8, 4) is 0 Å². The Morgan fingerprint density at radius 2 is 2.00 bits per heavy atom. The highest BCUT2D eigenvalue weighted by atomic mass is 19.4. The zero-order valence-corrected chi connectivity index (χ0v) is 18.0. The van der Waals surface area contributed by atoms with Crippen LogP contribution in [-0.4, -0.2) is 34.5 Å². The quantitative estimate of drug-likeness (QED) is 0.479. The Bertz CT molecular complexity index is 1040. The highest BCUT2D eigenvalue weighted by Crippen LogP contribution is 2.54. The van der Waals surface area contributed by atoms with E-state index in [4.69, 9.17) is 4.74 Å². The molecule has 1 amide bonds. The van der Waals surface area contributed by atoms with Crippen LogP contribution < -0.4 is 4.90 Å². The Morgan fingerprint density at radius 3 is 2.53 bits per heavy atom. The molecule has 0 unspecified atom stereocenters. The smallest absolute Gasteiger partial charge is 0.435 e. The van der Waals surface area contributed by atoms with Crippen LogP contribution >= 0.6 is 0 Å². The van der Waals surface area contributed by atoms with Crippen molar-refractivity contribution in [2.75, 3.05) is 11.4 Å². The largest absolute Gasteiger partial charge is 0.443 e. The summed E-state index contributed by atoms with van der Waals surface area (Å²) in [6, 6.07) is 5.46. The van der Waals surface area contributed by atoms with Gasteiger partial charge in [0, 0.05) is 17.9 Å². The third-order valence-electron chi connectivity index (χ3n) is 5.20. The SMILES string of the molecule is Cc1ncc(N(C[C@@]2(c3cccc(F)c3)C[C@H]2C=O)C(=O)OC(C)(C)C)c(C(F)(F)F)n1. The van der Waals surface area contributed by atoms with Gasteiger partial charge < -0.3 is 9.53 Å². The second-order valence-electron chi connectivity index (χ2n) is 8.83. The van der Waals surface area contributed by atoms with E-state index in [1.807, 2.05) is 0 Å². The van der Waals surface area contributed by atoms with Gasteiger partial charge in [-0.25, -0.2) is 19.2 Å². The minimum absolute atomic E-state index is 0.123. The number of rotatable bonds is 5. The topological polar surface area (TPSA) is 72.4 Å². The monoisotopic (exact) mass is 453 g/mol. The highest BCUT2D eigenvalue weighted by molar-refractivity contribution is 5.89. The van der Waals surface area contributed by atoms with E-state index in [1.165, 1.54) is 25.1 Å². The number of alkyl halides is 3. The van der Waals surface area contributed by atoms with Crippen LogP contribution in [0, 0.1) is 18.7 Å². The molecule has 1 aromatic carbocycles. The predicted octanol–water partition coefficient (Wildman–Crippen LogP) is 4.84. The lowest BCUT2D eigenvalue weighted by atomic mass is 9.92. The summed E-state index contributed by atoms with van der Waals surface area (Å²) in [7, 11) is 0. The fraction of sp³-hybridized carbons (Fsp3) is 0.455. The molecule has 2 atom stereocenters. The van der Waals surface area contributed by atoms with Crippen LogP contribution in [0.2, 0.25) is 0 Å². The molecule has 0 aliphatic heterocycles. The van der Waals surface area contributed by atoms with Crippen molar-refractivity contribution in [2.45, 2.75) is 51.3 Å². The van der Waals surface area contributed by atoms with E-state index in [1.54, 1.807) is 26.8 Å². The molecule has 0 spiro atoms. The molecular formula is C22H23F4N3O3. The summed E-state index contributed by atoms with van der Waals surface area (Å²) in [6.45, 7) is 5.69. The molecule has 6 nitrogen and oxygen atoms in total. The Morgan fingerprint density at radius 1 is 1.31 bits per heavy atom. The molecule has 1 heterocycles. The van der Waals surface area contributed by atoms with Crippen molar-refractivity contribution in [1.29, 1.82) is 0 Å². The van der Waals surface area contributed by atoms with Gasteiger partial charge >= 0.3 is 12.3 Å². The molecule has 2 aromatic rings. The second kappa shape index (κ2) is 8.14. The average molecular weight is 453 g/mol. The molecule has 1 aliphatic rings. The van der Waals surface area contributed by atoms with Gasteiger partial charge in [0.05, 0.1) is 11.9 Å². The standard InChI is InChI=1S/C22H23F4N3O3/c1-13-27-10-17(18(28-13)22(24,25)26)29(19(31)32-20(2,3)4)12-21(9-15(21)11-30)14-6-5-7-16(23)8-14/h5-8,10-11,15H,9,12H2,1-4H3/t15-,21+/m0/s1. The number of hydrogen-bond donors (Lipinski definition) is 0. The van der Waals surface area contributed by atoms with Crippen molar-refractivity contribution < 1.29 is 31.9 Å². The summed E-state index contributed by atoms with van der Waals surface area (Å²) in [5, 5.41) is 0. The fourth-order valence-electron chi connectivity index (χ4n) is 3.63. The van der Waals surface area contributed by atoms with Crippen molar-refractivity contribution in [3.05, 3.63) is 53.4 Å². The molecule has 10 heteroatoms. The van der Waals surface area contributed by atoms with Gasteiger partial charge in [0.15, 0.2) is 5.69 Å². The van der Waals surface area contributed by atoms with Gasteiger partial charge in [0.25, 0.3) is 0 Å². The molecule has 1 aromatic heterocycles. The zero-order valence-electron chi connectivity index (χ0n) is 18.0. The molecule has 0 saturated heterocycles. The second-order valence-corrected chi connectivity index (χ2v) is 8.83. The Labute approximate surface area is 182 Å². The van der Waals surface area contributed by atoms with Crippen molar-refractivity contribution in [3.63, 3.8) is 0 Å². The van der Waals surface area contributed by atoms with E-state index in [0.717, 1.165) is 11.1 Å². The predicted molar refractivity (Wildman–Crippen MR) is 108 cm³/mol. The van der Waals surface area contributed by atoms with Crippen LogP contribution in [0.1, 0.15) is 44.3 Å². The van der Waals surface area contributed by atoms with E-state index >= 15 is 0 Å². The molecule has 1 aliphatic carbocycles. The lowest BCUT2D eigenvalue weighted by Gasteiger charge is -2.32. The van der Waals surface area contributed by atoms with Crippen molar-refractivity contribution in [2.24, 2.45) is 5.92 Å². The number of halogens is 4. The van der Waals surface area contributed by atoms with E-state index in [-0.39, 0.29) is 18.8 Å². The number of amides is 1. The van der Waals surface area contributed by atoms with Gasteiger partial charge in [-0.05, 0) is 51.8 Å². The number of carbonyl (C=O) groups is 2. The normalized spacial score (nSPS) is 20.6. The lowest BCUT2D eigenvalue weighted by Crippen LogP contribution is -2.43. The number of aldehydes is 1. The van der Waals surface area contributed by atoms with Crippen LogP contribution in [0.5, 0.6) is 0 Å².